The van der Waals surface area contributed by atoms with Gasteiger partial charge in [-0.25, -0.2) is 5.43 Å². The monoisotopic (exact) mass is 300 g/mol. The summed E-state index contributed by atoms with van der Waals surface area (Å²) in [5, 5.41) is 9.23. The van der Waals surface area contributed by atoms with Crippen LogP contribution in [-0.4, -0.2) is 17.1 Å². The van der Waals surface area contributed by atoms with Crippen molar-refractivity contribution >= 4 is 5.97 Å². The molecule has 4 unspecified atom stereocenters. The number of aryl methyl sites for hydroxylation is 2. The molecule has 2 aliphatic carbocycles. The maximum absolute atomic E-state index is 11.2. The van der Waals surface area contributed by atoms with Gasteiger partial charge in [0.05, 0.1) is 12.0 Å². The van der Waals surface area contributed by atoms with Gasteiger partial charge in [0, 0.05) is 6.04 Å². The number of fused-ring (bicyclic) bond motifs is 2. The molecule has 4 heteroatoms. The minimum absolute atomic E-state index is 0.183. The van der Waals surface area contributed by atoms with Crippen LogP contribution >= 0.6 is 0 Å². The van der Waals surface area contributed by atoms with Gasteiger partial charge in [-0.05, 0) is 67.6 Å². The van der Waals surface area contributed by atoms with E-state index in [2.05, 4.69) is 29.1 Å². The lowest BCUT2D eigenvalue weighted by molar-refractivity contribution is -0.143. The fourth-order valence-electron chi connectivity index (χ4n) is 4.56. The summed E-state index contributed by atoms with van der Waals surface area (Å²) >= 11 is 0. The van der Waals surface area contributed by atoms with Crippen molar-refractivity contribution in [2.24, 2.45) is 11.8 Å². The van der Waals surface area contributed by atoms with E-state index in [1.165, 1.54) is 42.4 Å². The topological polar surface area (TPSA) is 61.4 Å². The first-order valence-electron chi connectivity index (χ1n) is 8.58. The quantitative estimate of drug-likeness (QED) is 0.785. The highest BCUT2D eigenvalue weighted by Gasteiger charge is 2.42. The molecule has 118 valence electrons. The first kappa shape index (κ1) is 14.2. The summed E-state index contributed by atoms with van der Waals surface area (Å²) in [4.78, 5) is 11.2. The molecule has 4 rings (SSSR count). The van der Waals surface area contributed by atoms with E-state index >= 15 is 0 Å². The summed E-state index contributed by atoms with van der Waals surface area (Å²) in [5.74, 6) is -0.312. The Labute approximate surface area is 131 Å². The van der Waals surface area contributed by atoms with Crippen molar-refractivity contribution in [2.45, 2.75) is 57.0 Å². The van der Waals surface area contributed by atoms with Gasteiger partial charge in [-0.1, -0.05) is 18.2 Å². The predicted octanol–water partition coefficient (Wildman–Crippen LogP) is 2.58. The van der Waals surface area contributed by atoms with Crippen molar-refractivity contribution < 1.29 is 9.90 Å². The van der Waals surface area contributed by atoms with Crippen molar-refractivity contribution in [1.82, 2.24) is 10.9 Å². The standard InChI is InChI=1S/C18H24N2O2/c21-18(22)14-7-8-15-16(10-14)19-20-17(15)13-6-5-11-3-1-2-4-12(11)9-13/h5-6,9,14-17,19-20H,1-4,7-8,10H2,(H,21,22). The molecule has 1 saturated carbocycles. The highest BCUT2D eigenvalue weighted by atomic mass is 16.4. The molecule has 1 heterocycles. The number of carboxylic acid groups (broad SMARTS) is 1. The van der Waals surface area contributed by atoms with Gasteiger partial charge in [-0.3, -0.25) is 10.2 Å². The van der Waals surface area contributed by atoms with Gasteiger partial charge in [-0.2, -0.15) is 0 Å². The lowest BCUT2D eigenvalue weighted by Gasteiger charge is -2.31. The molecular formula is C18H24N2O2. The number of hydrazine groups is 1. The van der Waals surface area contributed by atoms with Crippen LogP contribution in [0.25, 0.3) is 0 Å². The average molecular weight is 300 g/mol. The van der Waals surface area contributed by atoms with E-state index in [4.69, 9.17) is 0 Å². The van der Waals surface area contributed by atoms with Crippen LogP contribution in [0.5, 0.6) is 0 Å². The maximum Gasteiger partial charge on any atom is 0.306 e. The van der Waals surface area contributed by atoms with Gasteiger partial charge in [0.15, 0.2) is 0 Å². The molecule has 0 spiro atoms. The predicted molar refractivity (Wildman–Crippen MR) is 84.4 cm³/mol. The number of aliphatic carboxylic acids is 1. The number of carbonyl (C=O) groups is 1. The zero-order chi connectivity index (χ0) is 15.1. The average Bonchev–Trinajstić information content (AvgIpc) is 2.97. The molecule has 2 fully saturated rings. The van der Waals surface area contributed by atoms with Crippen LogP contribution in [-0.2, 0) is 17.6 Å². The lowest BCUT2D eigenvalue weighted by Crippen LogP contribution is -2.38. The summed E-state index contributed by atoms with van der Waals surface area (Å²) < 4.78 is 0. The summed E-state index contributed by atoms with van der Waals surface area (Å²) in [6.07, 6.45) is 7.59. The van der Waals surface area contributed by atoms with Gasteiger partial charge in [0.25, 0.3) is 0 Å². The molecule has 1 aromatic carbocycles. The largest absolute Gasteiger partial charge is 0.481 e. The van der Waals surface area contributed by atoms with E-state index in [0.717, 1.165) is 19.3 Å². The van der Waals surface area contributed by atoms with E-state index in [1.54, 1.807) is 0 Å². The third-order valence-electron chi connectivity index (χ3n) is 5.84. The third-order valence-corrected chi connectivity index (χ3v) is 5.84. The molecule has 1 saturated heterocycles. The van der Waals surface area contributed by atoms with Crippen LogP contribution in [0.3, 0.4) is 0 Å². The summed E-state index contributed by atoms with van der Waals surface area (Å²) in [7, 11) is 0. The Balaban J connectivity index is 1.53. The normalized spacial score (nSPS) is 34.0. The molecule has 0 radical (unpaired) electrons. The first-order valence-corrected chi connectivity index (χ1v) is 8.58. The first-order chi connectivity index (χ1) is 10.7. The van der Waals surface area contributed by atoms with E-state index in [9.17, 15) is 9.90 Å². The van der Waals surface area contributed by atoms with Crippen molar-refractivity contribution in [3.8, 4) is 0 Å². The zero-order valence-electron chi connectivity index (χ0n) is 12.8. The summed E-state index contributed by atoms with van der Waals surface area (Å²) in [6, 6.07) is 7.58. The number of carboxylic acids is 1. The number of rotatable bonds is 2. The van der Waals surface area contributed by atoms with Crippen molar-refractivity contribution in [2.75, 3.05) is 0 Å². The smallest absolute Gasteiger partial charge is 0.306 e. The van der Waals surface area contributed by atoms with Gasteiger partial charge < -0.3 is 5.11 Å². The van der Waals surface area contributed by atoms with Crippen molar-refractivity contribution in [3.05, 3.63) is 34.9 Å². The Morgan fingerprint density at radius 3 is 2.73 bits per heavy atom. The maximum atomic E-state index is 11.2. The minimum atomic E-state index is -0.641. The fraction of sp³-hybridized carbons (Fsp3) is 0.611. The molecule has 4 nitrogen and oxygen atoms in total. The molecule has 1 aliphatic heterocycles. The van der Waals surface area contributed by atoms with Gasteiger partial charge >= 0.3 is 5.97 Å². The minimum Gasteiger partial charge on any atom is -0.481 e. The molecule has 1 aromatic rings. The Morgan fingerprint density at radius 1 is 1.09 bits per heavy atom. The second-order valence-corrected chi connectivity index (χ2v) is 7.12. The van der Waals surface area contributed by atoms with Crippen molar-refractivity contribution in [3.63, 3.8) is 0 Å². The summed E-state index contributed by atoms with van der Waals surface area (Å²) in [5.41, 5.74) is 11.2. The Bertz CT molecular complexity index is 586. The van der Waals surface area contributed by atoms with Crippen LogP contribution in [0.15, 0.2) is 18.2 Å². The highest BCUT2D eigenvalue weighted by molar-refractivity contribution is 5.70. The zero-order valence-corrected chi connectivity index (χ0v) is 12.8. The fourth-order valence-corrected chi connectivity index (χ4v) is 4.56. The van der Waals surface area contributed by atoms with Crippen LogP contribution in [0.2, 0.25) is 0 Å². The number of hydrogen-bond acceptors (Lipinski definition) is 3. The summed E-state index contributed by atoms with van der Waals surface area (Å²) in [6.45, 7) is 0. The second-order valence-electron chi connectivity index (χ2n) is 7.12. The number of benzene rings is 1. The van der Waals surface area contributed by atoms with E-state index in [1.807, 2.05) is 0 Å². The molecule has 3 N–H and O–H groups in total. The number of nitrogens with one attached hydrogen (secondary N) is 2. The lowest BCUT2D eigenvalue weighted by atomic mass is 9.74. The molecule has 4 atom stereocenters. The van der Waals surface area contributed by atoms with Crippen molar-refractivity contribution in [1.29, 1.82) is 0 Å². The Kier molecular flexibility index (Phi) is 3.66. The van der Waals surface area contributed by atoms with Crippen LogP contribution in [0, 0.1) is 11.8 Å². The van der Waals surface area contributed by atoms with Crippen LogP contribution in [0.1, 0.15) is 54.8 Å². The van der Waals surface area contributed by atoms with E-state index < -0.39 is 5.97 Å². The highest BCUT2D eigenvalue weighted by Crippen LogP contribution is 2.40. The molecular weight excluding hydrogens is 276 g/mol. The third kappa shape index (κ3) is 2.44. The van der Waals surface area contributed by atoms with Gasteiger partial charge in [-0.15, -0.1) is 0 Å². The molecule has 0 aromatic heterocycles. The molecule has 22 heavy (non-hydrogen) atoms. The molecule has 0 bridgehead atoms. The van der Waals surface area contributed by atoms with Gasteiger partial charge in [0.1, 0.15) is 0 Å². The molecule has 0 amide bonds. The Hall–Kier alpha value is -1.39. The SMILES string of the molecule is O=C(O)C1CCC2C(C1)NNC2c1ccc2c(c1)CCCC2. The number of hydrogen-bond donors (Lipinski definition) is 3. The van der Waals surface area contributed by atoms with E-state index in [0.29, 0.717) is 12.0 Å². The molecule has 3 aliphatic rings. The second kappa shape index (κ2) is 5.67. The van der Waals surface area contributed by atoms with E-state index in [-0.39, 0.29) is 12.0 Å². The Morgan fingerprint density at radius 2 is 1.91 bits per heavy atom. The van der Waals surface area contributed by atoms with Crippen LogP contribution < -0.4 is 10.9 Å². The van der Waals surface area contributed by atoms with Gasteiger partial charge in [0.2, 0.25) is 0 Å². The van der Waals surface area contributed by atoms with Crippen LogP contribution in [0.4, 0.5) is 0 Å².